The predicted molar refractivity (Wildman–Crippen MR) is 101 cm³/mol. The summed E-state index contributed by atoms with van der Waals surface area (Å²) in [6.45, 7) is -0.388. The number of hydrogen-bond donors (Lipinski definition) is 2. The van der Waals surface area contributed by atoms with Crippen LogP contribution in [0.3, 0.4) is 0 Å². The molecule has 0 spiro atoms. The molecular formula is C21H21F5N2O5. The summed E-state index contributed by atoms with van der Waals surface area (Å²) in [7, 11) is 0. The summed E-state index contributed by atoms with van der Waals surface area (Å²) in [6.07, 6.45) is -4.89. The van der Waals surface area contributed by atoms with Gasteiger partial charge in [-0.05, 0) is 44.2 Å². The molecular weight excluding hydrogens is 455 g/mol. The first-order valence-corrected chi connectivity index (χ1v) is 10.3. The number of nitrogens with one attached hydrogen (secondary N) is 2. The van der Waals surface area contributed by atoms with E-state index in [2.05, 4.69) is 15.4 Å². The summed E-state index contributed by atoms with van der Waals surface area (Å²) in [4.78, 5) is 36.3. The number of ketones is 1. The van der Waals surface area contributed by atoms with Gasteiger partial charge in [0.1, 0.15) is 11.5 Å². The molecule has 4 fully saturated rings. The van der Waals surface area contributed by atoms with E-state index in [9.17, 15) is 36.3 Å². The third kappa shape index (κ3) is 5.26. The molecule has 0 atom stereocenters. The van der Waals surface area contributed by atoms with Gasteiger partial charge >= 0.3 is 6.36 Å². The molecule has 180 valence electrons. The van der Waals surface area contributed by atoms with Gasteiger partial charge in [0.15, 0.2) is 18.2 Å². The van der Waals surface area contributed by atoms with Crippen LogP contribution in [-0.4, -0.2) is 47.7 Å². The molecule has 0 heterocycles. The van der Waals surface area contributed by atoms with Gasteiger partial charge in [0.2, 0.25) is 5.91 Å². The first-order chi connectivity index (χ1) is 15.4. The molecule has 33 heavy (non-hydrogen) atoms. The van der Waals surface area contributed by atoms with Crippen LogP contribution in [0.5, 0.6) is 5.75 Å². The standard InChI is InChI=1S/C21H21F5N2O5/c22-14-2-1-12(5-15(14)23)32-7-18(31)28-20-8-19(9-20,10-20)27-17(30)6-16(29)11-3-13(4-11)33-21(24,25)26/h1-2,5,11,13H,3-4,6-10H2,(H,27,30)(H,28,31). The molecule has 4 aliphatic carbocycles. The molecule has 0 saturated heterocycles. The summed E-state index contributed by atoms with van der Waals surface area (Å²) in [5.74, 6) is -4.08. The maximum atomic E-state index is 13.2. The van der Waals surface area contributed by atoms with E-state index in [1.807, 2.05) is 0 Å². The van der Waals surface area contributed by atoms with Crippen molar-refractivity contribution < 1.29 is 45.8 Å². The number of halogens is 5. The number of alkyl halides is 3. The first kappa shape index (κ1) is 23.4. The summed E-state index contributed by atoms with van der Waals surface area (Å²) in [6, 6.07) is 2.93. The Bertz CT molecular complexity index is 957. The number of ether oxygens (including phenoxy) is 2. The minimum absolute atomic E-state index is 0.0119. The molecule has 2 amide bonds. The highest BCUT2D eigenvalue weighted by Gasteiger charge is 2.69. The van der Waals surface area contributed by atoms with Gasteiger partial charge in [-0.25, -0.2) is 8.78 Å². The molecule has 5 rings (SSSR count). The Morgan fingerprint density at radius 1 is 0.970 bits per heavy atom. The van der Waals surface area contributed by atoms with Crippen LogP contribution in [0.2, 0.25) is 0 Å². The van der Waals surface area contributed by atoms with Crippen molar-refractivity contribution in [3.63, 3.8) is 0 Å². The zero-order valence-electron chi connectivity index (χ0n) is 17.3. The topological polar surface area (TPSA) is 93.7 Å². The SMILES string of the molecule is O=C(COc1ccc(F)c(F)c1)NC12CC(NC(=O)CC(=O)C3CC(OC(F)(F)F)C3)(C1)C2. The Kier molecular flexibility index (Phi) is 5.83. The number of hydrogen-bond acceptors (Lipinski definition) is 5. The van der Waals surface area contributed by atoms with E-state index in [-0.39, 0.29) is 25.2 Å². The molecule has 12 heteroatoms. The van der Waals surface area contributed by atoms with Crippen LogP contribution in [0.1, 0.15) is 38.5 Å². The van der Waals surface area contributed by atoms with Gasteiger partial charge < -0.3 is 15.4 Å². The van der Waals surface area contributed by atoms with Crippen LogP contribution in [0.15, 0.2) is 18.2 Å². The van der Waals surface area contributed by atoms with Crippen molar-refractivity contribution in [2.45, 2.75) is 62.1 Å². The summed E-state index contributed by atoms with van der Waals surface area (Å²) in [5, 5.41) is 5.58. The van der Waals surface area contributed by atoms with Crippen LogP contribution >= 0.6 is 0 Å². The lowest BCUT2D eigenvalue weighted by atomic mass is 9.44. The van der Waals surface area contributed by atoms with Gasteiger partial charge in [0, 0.05) is 23.1 Å². The summed E-state index contributed by atoms with van der Waals surface area (Å²) in [5.41, 5.74) is -0.991. The van der Waals surface area contributed by atoms with E-state index >= 15 is 0 Å². The molecule has 0 aliphatic heterocycles. The van der Waals surface area contributed by atoms with Crippen molar-refractivity contribution in [1.29, 1.82) is 0 Å². The third-order valence-corrected chi connectivity index (χ3v) is 6.29. The average Bonchev–Trinajstić information content (AvgIpc) is 2.61. The molecule has 2 N–H and O–H groups in total. The lowest BCUT2D eigenvalue weighted by Crippen LogP contribution is -2.84. The second-order valence-electron chi connectivity index (χ2n) is 9.05. The lowest BCUT2D eigenvalue weighted by molar-refractivity contribution is -0.353. The molecule has 1 aromatic rings. The van der Waals surface area contributed by atoms with Gasteiger partial charge in [-0.15, -0.1) is 13.2 Å². The van der Waals surface area contributed by atoms with E-state index < -0.39 is 65.1 Å². The van der Waals surface area contributed by atoms with Gasteiger partial charge in [-0.1, -0.05) is 0 Å². The molecule has 4 saturated carbocycles. The Morgan fingerprint density at radius 2 is 1.58 bits per heavy atom. The number of amides is 2. The number of benzene rings is 1. The molecule has 0 unspecified atom stereocenters. The van der Waals surface area contributed by atoms with Crippen molar-refractivity contribution >= 4 is 17.6 Å². The highest BCUT2D eigenvalue weighted by atomic mass is 19.4. The first-order valence-electron chi connectivity index (χ1n) is 10.3. The lowest BCUT2D eigenvalue weighted by Gasteiger charge is -2.70. The normalized spacial score (nSPS) is 29.7. The molecule has 1 aromatic carbocycles. The summed E-state index contributed by atoms with van der Waals surface area (Å²) < 4.78 is 71.4. The van der Waals surface area contributed by atoms with Crippen LogP contribution in [0.4, 0.5) is 22.0 Å². The molecule has 2 bridgehead atoms. The van der Waals surface area contributed by atoms with Gasteiger partial charge in [0.25, 0.3) is 5.91 Å². The van der Waals surface area contributed by atoms with E-state index in [0.29, 0.717) is 19.3 Å². The molecule has 7 nitrogen and oxygen atoms in total. The minimum Gasteiger partial charge on any atom is -0.484 e. The Balaban J connectivity index is 1.13. The quantitative estimate of drug-likeness (QED) is 0.422. The van der Waals surface area contributed by atoms with Crippen molar-refractivity contribution in [3.8, 4) is 5.75 Å². The average molecular weight is 476 g/mol. The number of Topliss-reactive ketones (excluding diaryl/α,β-unsaturated/α-hetero) is 1. The van der Waals surface area contributed by atoms with Crippen molar-refractivity contribution in [1.82, 2.24) is 10.6 Å². The summed E-state index contributed by atoms with van der Waals surface area (Å²) >= 11 is 0. The van der Waals surface area contributed by atoms with E-state index in [1.165, 1.54) is 6.07 Å². The molecule has 0 radical (unpaired) electrons. The van der Waals surface area contributed by atoms with E-state index in [1.54, 1.807) is 0 Å². The Labute approximate surface area is 185 Å². The zero-order chi connectivity index (χ0) is 24.0. The zero-order valence-corrected chi connectivity index (χ0v) is 17.3. The second kappa shape index (κ2) is 8.23. The van der Waals surface area contributed by atoms with Crippen molar-refractivity contribution in [3.05, 3.63) is 29.8 Å². The minimum atomic E-state index is -4.74. The number of carbonyl (C=O) groups is 3. The maximum absolute atomic E-state index is 13.2. The van der Waals surface area contributed by atoms with Gasteiger partial charge in [0.05, 0.1) is 12.5 Å². The fraction of sp³-hybridized carbons (Fsp3) is 0.571. The fourth-order valence-corrected chi connectivity index (χ4v) is 4.86. The second-order valence-corrected chi connectivity index (χ2v) is 9.05. The van der Waals surface area contributed by atoms with Crippen LogP contribution in [-0.2, 0) is 19.1 Å². The fourth-order valence-electron chi connectivity index (χ4n) is 4.86. The Morgan fingerprint density at radius 3 is 2.15 bits per heavy atom. The molecule has 4 aliphatic rings. The van der Waals surface area contributed by atoms with Crippen LogP contribution < -0.4 is 15.4 Å². The van der Waals surface area contributed by atoms with Crippen LogP contribution in [0, 0.1) is 17.6 Å². The highest BCUT2D eigenvalue weighted by molar-refractivity contribution is 6.00. The number of carbonyl (C=O) groups excluding carboxylic acids is 3. The molecule has 0 aromatic heterocycles. The largest absolute Gasteiger partial charge is 0.522 e. The van der Waals surface area contributed by atoms with E-state index in [0.717, 1.165) is 12.1 Å². The van der Waals surface area contributed by atoms with Crippen LogP contribution in [0.25, 0.3) is 0 Å². The predicted octanol–water partition coefficient (Wildman–Crippen LogP) is 2.53. The highest BCUT2D eigenvalue weighted by Crippen LogP contribution is 2.60. The third-order valence-electron chi connectivity index (χ3n) is 6.29. The van der Waals surface area contributed by atoms with Crippen molar-refractivity contribution in [2.75, 3.05) is 6.61 Å². The number of rotatable bonds is 9. The van der Waals surface area contributed by atoms with Gasteiger partial charge in [-0.2, -0.15) is 0 Å². The van der Waals surface area contributed by atoms with Gasteiger partial charge in [-0.3, -0.25) is 19.1 Å². The maximum Gasteiger partial charge on any atom is 0.522 e. The Hall–Kier alpha value is -2.76. The monoisotopic (exact) mass is 476 g/mol. The van der Waals surface area contributed by atoms with E-state index in [4.69, 9.17) is 4.74 Å². The smallest absolute Gasteiger partial charge is 0.484 e. The van der Waals surface area contributed by atoms with Crippen molar-refractivity contribution in [2.24, 2.45) is 5.92 Å².